The van der Waals surface area contributed by atoms with Gasteiger partial charge in [-0.15, -0.1) is 5.73 Å². The molecule has 0 saturated carbocycles. The summed E-state index contributed by atoms with van der Waals surface area (Å²) in [6.45, 7) is 16.9. The van der Waals surface area contributed by atoms with E-state index < -0.39 is 14.4 Å². The van der Waals surface area contributed by atoms with E-state index in [-0.39, 0.29) is 5.04 Å². The molecule has 0 saturated heterocycles. The predicted octanol–water partition coefficient (Wildman–Crippen LogP) is 5.71. The van der Waals surface area contributed by atoms with Gasteiger partial charge in [-0.25, -0.2) is 0 Å². The second kappa shape index (κ2) is 11.0. The summed E-state index contributed by atoms with van der Waals surface area (Å²) in [6.07, 6.45) is 2.01. The van der Waals surface area contributed by atoms with Crippen molar-refractivity contribution in [1.82, 2.24) is 0 Å². The molecule has 0 aliphatic heterocycles. The van der Waals surface area contributed by atoms with Crippen LogP contribution in [-0.4, -0.2) is 32.7 Å². The number of aliphatic hydroxyl groups is 1. The Morgan fingerprint density at radius 3 is 2.41 bits per heavy atom. The number of rotatable bonds is 10. The quantitative estimate of drug-likeness (QED) is 0.410. The van der Waals surface area contributed by atoms with Crippen LogP contribution >= 0.6 is 0 Å². The second-order valence-corrected chi connectivity index (χ2v) is 13.8. The smallest absolute Gasteiger partial charge is 0.192 e. The van der Waals surface area contributed by atoms with Crippen molar-refractivity contribution >= 4 is 8.32 Å². The molecular weight excluding hydrogens is 352 g/mol. The maximum absolute atomic E-state index is 10.2. The molecule has 0 amide bonds. The maximum atomic E-state index is 10.2. The molecule has 0 heterocycles. The monoisotopic (exact) mass is 390 g/mol. The van der Waals surface area contributed by atoms with Crippen molar-refractivity contribution in [3.8, 4) is 0 Å². The summed E-state index contributed by atoms with van der Waals surface area (Å²) in [4.78, 5) is 0. The Balaban J connectivity index is 2.38. The van der Waals surface area contributed by atoms with Crippen LogP contribution in [0.1, 0.15) is 46.6 Å². The third-order valence-electron chi connectivity index (χ3n) is 5.11. The van der Waals surface area contributed by atoms with Crippen LogP contribution in [0.4, 0.5) is 0 Å². The summed E-state index contributed by atoms with van der Waals surface area (Å²) >= 11 is 0. The summed E-state index contributed by atoms with van der Waals surface area (Å²) in [5.41, 5.74) is 5.54. The first-order valence-corrected chi connectivity index (χ1v) is 12.8. The molecule has 3 nitrogen and oxygen atoms in total. The Morgan fingerprint density at radius 1 is 1.19 bits per heavy atom. The van der Waals surface area contributed by atoms with Crippen molar-refractivity contribution in [1.29, 1.82) is 0 Å². The molecule has 0 aliphatic carbocycles. The largest absolute Gasteiger partial charge is 0.414 e. The molecule has 1 rings (SSSR count). The van der Waals surface area contributed by atoms with Crippen LogP contribution in [0.5, 0.6) is 0 Å². The van der Waals surface area contributed by atoms with E-state index in [9.17, 15) is 5.11 Å². The molecule has 0 aliphatic rings. The summed E-state index contributed by atoms with van der Waals surface area (Å²) in [5.74, 6) is 0.412. The minimum Gasteiger partial charge on any atom is -0.414 e. The summed E-state index contributed by atoms with van der Waals surface area (Å²) < 4.78 is 11.9. The van der Waals surface area contributed by atoms with E-state index in [1.807, 2.05) is 25.1 Å². The lowest BCUT2D eigenvalue weighted by molar-refractivity contribution is 0.0921. The fraction of sp³-hybridized carbons (Fsp3) is 0.609. The van der Waals surface area contributed by atoms with E-state index in [0.29, 0.717) is 25.7 Å². The highest BCUT2D eigenvalue weighted by atomic mass is 28.4. The van der Waals surface area contributed by atoms with Gasteiger partial charge in [0.15, 0.2) is 8.32 Å². The standard InChI is InChI=1S/C23H38O3Si/c1-19(13-14-22(24)18-26-27(6,7)23(3,4)5)15-20(2)16-25-17-21-11-9-8-10-12-21/h8-12,14,20,22,24H,15-18H2,1-7H3/t13?,20-,22-/m1/s1. The molecule has 0 unspecified atom stereocenters. The number of benzene rings is 1. The molecule has 1 aromatic carbocycles. The van der Waals surface area contributed by atoms with Gasteiger partial charge in [0.25, 0.3) is 0 Å². The van der Waals surface area contributed by atoms with E-state index in [0.717, 1.165) is 12.0 Å². The highest BCUT2D eigenvalue weighted by molar-refractivity contribution is 6.74. The molecule has 27 heavy (non-hydrogen) atoms. The average Bonchev–Trinajstić information content (AvgIpc) is 2.58. The van der Waals surface area contributed by atoms with Crippen LogP contribution in [0.15, 0.2) is 47.7 Å². The highest BCUT2D eigenvalue weighted by Gasteiger charge is 2.37. The maximum Gasteiger partial charge on any atom is 0.192 e. The first-order chi connectivity index (χ1) is 12.5. The third-order valence-corrected chi connectivity index (χ3v) is 9.61. The van der Waals surface area contributed by atoms with Crippen molar-refractivity contribution in [2.24, 2.45) is 5.92 Å². The topological polar surface area (TPSA) is 38.7 Å². The Hall–Kier alpha value is -1.16. The zero-order chi connectivity index (χ0) is 20.5. The summed E-state index contributed by atoms with van der Waals surface area (Å²) in [5, 5.41) is 10.3. The lowest BCUT2D eigenvalue weighted by Gasteiger charge is -2.36. The van der Waals surface area contributed by atoms with Gasteiger partial charge >= 0.3 is 0 Å². The molecule has 1 aromatic rings. The van der Waals surface area contributed by atoms with Crippen molar-refractivity contribution in [2.45, 2.75) is 71.9 Å². The first kappa shape index (κ1) is 23.9. The highest BCUT2D eigenvalue weighted by Crippen LogP contribution is 2.36. The van der Waals surface area contributed by atoms with Gasteiger partial charge in [0, 0.05) is 6.61 Å². The number of hydrogen-bond acceptors (Lipinski definition) is 3. The minimum atomic E-state index is -1.82. The van der Waals surface area contributed by atoms with Gasteiger partial charge in [-0.1, -0.05) is 58.0 Å². The van der Waals surface area contributed by atoms with Gasteiger partial charge in [0.1, 0.15) is 6.10 Å². The zero-order valence-corrected chi connectivity index (χ0v) is 19.2. The van der Waals surface area contributed by atoms with Crippen molar-refractivity contribution < 1.29 is 14.3 Å². The molecule has 0 radical (unpaired) electrons. The Kier molecular flexibility index (Phi) is 9.72. The molecule has 1 N–H and O–H groups in total. The zero-order valence-electron chi connectivity index (χ0n) is 18.2. The molecular formula is C23H38O3Si. The predicted molar refractivity (Wildman–Crippen MR) is 116 cm³/mol. The van der Waals surface area contributed by atoms with E-state index in [2.05, 4.69) is 58.7 Å². The lowest BCUT2D eigenvalue weighted by Crippen LogP contribution is -2.42. The Morgan fingerprint density at radius 2 is 1.81 bits per heavy atom. The molecule has 0 aromatic heterocycles. The van der Waals surface area contributed by atoms with Gasteiger partial charge in [-0.2, -0.15) is 0 Å². The summed E-state index contributed by atoms with van der Waals surface area (Å²) in [7, 11) is -1.82. The van der Waals surface area contributed by atoms with Crippen LogP contribution < -0.4 is 0 Å². The molecule has 2 atom stereocenters. The summed E-state index contributed by atoms with van der Waals surface area (Å²) in [6, 6.07) is 10.2. The number of hydrogen-bond donors (Lipinski definition) is 1. The number of ether oxygens (including phenoxy) is 1. The number of aliphatic hydroxyl groups excluding tert-OH is 1. The van der Waals surface area contributed by atoms with Gasteiger partial charge in [-0.05, 0) is 54.6 Å². The SMILES string of the molecule is CC(=C=C[C@@H](O)CO[Si](C)(C)C(C)(C)C)C[C@@H](C)COCc1ccccc1. The minimum absolute atomic E-state index is 0.150. The van der Waals surface area contributed by atoms with Crippen LogP contribution in [0, 0.1) is 5.92 Å². The molecule has 0 bridgehead atoms. The fourth-order valence-corrected chi connectivity index (χ4v) is 3.41. The molecule has 152 valence electrons. The van der Waals surface area contributed by atoms with Gasteiger partial charge in [0.05, 0.1) is 13.2 Å². The molecule has 0 fully saturated rings. The van der Waals surface area contributed by atoms with E-state index in [4.69, 9.17) is 9.16 Å². The van der Waals surface area contributed by atoms with E-state index in [1.54, 1.807) is 6.08 Å². The second-order valence-electron chi connectivity index (χ2n) is 9.04. The normalized spacial score (nSPS) is 14.4. The van der Waals surface area contributed by atoms with Crippen LogP contribution in [0.25, 0.3) is 0 Å². The lowest BCUT2D eigenvalue weighted by atomic mass is 10.0. The Labute approximate surface area is 167 Å². The van der Waals surface area contributed by atoms with Crippen molar-refractivity contribution in [3.63, 3.8) is 0 Å². The first-order valence-electron chi connectivity index (χ1n) is 9.87. The molecule has 4 heteroatoms. The van der Waals surface area contributed by atoms with Gasteiger partial charge < -0.3 is 14.3 Å². The average molecular weight is 391 g/mol. The van der Waals surface area contributed by atoms with E-state index in [1.165, 1.54) is 5.56 Å². The van der Waals surface area contributed by atoms with Crippen molar-refractivity contribution in [3.05, 3.63) is 53.3 Å². The third kappa shape index (κ3) is 9.55. The molecule has 0 spiro atoms. The van der Waals surface area contributed by atoms with E-state index >= 15 is 0 Å². The van der Waals surface area contributed by atoms with Crippen LogP contribution in [-0.2, 0) is 15.8 Å². The van der Waals surface area contributed by atoms with Crippen LogP contribution in [0.3, 0.4) is 0 Å². The van der Waals surface area contributed by atoms with Gasteiger partial charge in [-0.3, -0.25) is 0 Å². The van der Waals surface area contributed by atoms with Crippen molar-refractivity contribution in [2.75, 3.05) is 13.2 Å². The fourth-order valence-electron chi connectivity index (χ4n) is 2.39. The Bertz CT molecular complexity index is 610. The van der Waals surface area contributed by atoms with Gasteiger partial charge in [0.2, 0.25) is 0 Å². The van der Waals surface area contributed by atoms with Crippen LogP contribution in [0.2, 0.25) is 18.1 Å².